The first-order valence-corrected chi connectivity index (χ1v) is 3.97. The Bertz CT molecular complexity index is 172. The third-order valence-electron chi connectivity index (χ3n) is 1.46. The largest absolute Gasteiger partial charge is 0.100 e. The lowest BCUT2D eigenvalue weighted by molar-refractivity contribution is 0.891. The lowest BCUT2D eigenvalue weighted by Gasteiger charge is -2.04. The van der Waals surface area contributed by atoms with E-state index in [9.17, 15) is 0 Å². The summed E-state index contributed by atoms with van der Waals surface area (Å²) < 4.78 is 0. The zero-order valence-electron chi connectivity index (χ0n) is 7.74. The Labute approximate surface area is 70.3 Å². The number of hydrogen-bond acceptors (Lipinski definition) is 0. The molecule has 0 fully saturated rings. The standard InChI is InChI=1S/C11H18/c1-9(2)6-7-11(5)8-10(3)4/h1,3,5-8H2,2,4H3. The summed E-state index contributed by atoms with van der Waals surface area (Å²) in [5.41, 5.74) is 3.69. The maximum absolute atomic E-state index is 3.96. The molecule has 0 atom stereocenters. The molecule has 0 unspecified atom stereocenters. The summed E-state index contributed by atoms with van der Waals surface area (Å²) in [6.07, 6.45) is 3.08. The summed E-state index contributed by atoms with van der Waals surface area (Å²) in [5.74, 6) is 0. The van der Waals surface area contributed by atoms with Crippen molar-refractivity contribution in [1.29, 1.82) is 0 Å². The van der Waals surface area contributed by atoms with Crippen molar-refractivity contribution in [1.82, 2.24) is 0 Å². The van der Waals surface area contributed by atoms with Crippen molar-refractivity contribution < 1.29 is 0 Å². The Balaban J connectivity index is 3.53. The van der Waals surface area contributed by atoms with E-state index in [1.807, 2.05) is 13.8 Å². The Morgan fingerprint density at radius 2 is 1.45 bits per heavy atom. The van der Waals surface area contributed by atoms with Gasteiger partial charge in [-0.2, -0.15) is 0 Å². The van der Waals surface area contributed by atoms with E-state index < -0.39 is 0 Å². The van der Waals surface area contributed by atoms with Crippen LogP contribution in [-0.2, 0) is 0 Å². The highest BCUT2D eigenvalue weighted by Gasteiger charge is 1.94. The minimum Gasteiger partial charge on any atom is -0.100 e. The maximum atomic E-state index is 3.96. The molecule has 0 aliphatic rings. The van der Waals surface area contributed by atoms with E-state index in [1.54, 1.807) is 0 Å². The maximum Gasteiger partial charge on any atom is -0.0117 e. The molecule has 0 bridgehead atoms. The van der Waals surface area contributed by atoms with E-state index in [2.05, 4.69) is 19.7 Å². The minimum absolute atomic E-state index is 0.966. The molecule has 0 radical (unpaired) electrons. The molecule has 0 amide bonds. The van der Waals surface area contributed by atoms with E-state index in [4.69, 9.17) is 0 Å². The highest BCUT2D eigenvalue weighted by Crippen LogP contribution is 2.14. The Morgan fingerprint density at radius 1 is 0.909 bits per heavy atom. The lowest BCUT2D eigenvalue weighted by atomic mass is 10.0. The SMILES string of the molecule is C=C(C)CCC(=C)CC(=C)C. The van der Waals surface area contributed by atoms with Crippen molar-refractivity contribution in [3.05, 3.63) is 36.5 Å². The fourth-order valence-corrected chi connectivity index (χ4v) is 0.905. The molecule has 0 saturated heterocycles. The summed E-state index contributed by atoms with van der Waals surface area (Å²) in [5, 5.41) is 0. The fourth-order valence-electron chi connectivity index (χ4n) is 0.905. The molecule has 62 valence electrons. The van der Waals surface area contributed by atoms with Crippen molar-refractivity contribution in [3.8, 4) is 0 Å². The van der Waals surface area contributed by atoms with Gasteiger partial charge in [0.2, 0.25) is 0 Å². The average Bonchev–Trinajstić information content (AvgIpc) is 1.82. The zero-order valence-corrected chi connectivity index (χ0v) is 7.74. The molecule has 0 saturated carbocycles. The van der Waals surface area contributed by atoms with Crippen molar-refractivity contribution in [3.63, 3.8) is 0 Å². The molecule has 0 heterocycles. The van der Waals surface area contributed by atoms with E-state index in [0.717, 1.165) is 19.3 Å². The molecule has 0 heteroatoms. The molecule has 0 aromatic carbocycles. The van der Waals surface area contributed by atoms with Gasteiger partial charge in [-0.15, -0.1) is 6.58 Å². The highest BCUT2D eigenvalue weighted by molar-refractivity contribution is 5.08. The van der Waals surface area contributed by atoms with Crippen LogP contribution in [0.2, 0.25) is 0 Å². The van der Waals surface area contributed by atoms with Crippen LogP contribution in [0.1, 0.15) is 33.1 Å². The summed E-state index contributed by atoms with van der Waals surface area (Å²) in [7, 11) is 0. The normalized spacial score (nSPS) is 9.27. The first-order valence-electron chi connectivity index (χ1n) is 3.97. The van der Waals surface area contributed by atoms with Gasteiger partial charge in [-0.1, -0.05) is 29.9 Å². The number of hydrogen-bond donors (Lipinski definition) is 0. The van der Waals surface area contributed by atoms with Gasteiger partial charge in [0, 0.05) is 0 Å². The third kappa shape index (κ3) is 7.11. The topological polar surface area (TPSA) is 0 Å². The molecule has 0 aromatic heterocycles. The van der Waals surface area contributed by atoms with E-state index in [1.165, 1.54) is 16.7 Å². The van der Waals surface area contributed by atoms with Gasteiger partial charge < -0.3 is 0 Å². The second-order valence-corrected chi connectivity index (χ2v) is 3.34. The van der Waals surface area contributed by atoms with Gasteiger partial charge in [-0.3, -0.25) is 0 Å². The summed E-state index contributed by atoms with van der Waals surface area (Å²) in [6.45, 7) is 15.7. The van der Waals surface area contributed by atoms with E-state index in [0.29, 0.717) is 0 Å². The van der Waals surface area contributed by atoms with Crippen molar-refractivity contribution in [2.45, 2.75) is 33.1 Å². The summed E-state index contributed by atoms with van der Waals surface area (Å²) >= 11 is 0. The quantitative estimate of drug-likeness (QED) is 0.522. The first-order chi connectivity index (χ1) is 5.02. The van der Waals surface area contributed by atoms with Gasteiger partial charge in [0.05, 0.1) is 0 Å². The summed E-state index contributed by atoms with van der Waals surface area (Å²) in [4.78, 5) is 0. The molecule has 0 rings (SSSR count). The first kappa shape index (κ1) is 10.2. The van der Waals surface area contributed by atoms with Crippen LogP contribution >= 0.6 is 0 Å². The van der Waals surface area contributed by atoms with Crippen LogP contribution in [0.4, 0.5) is 0 Å². The van der Waals surface area contributed by atoms with Gasteiger partial charge >= 0.3 is 0 Å². The molecular formula is C11H18. The van der Waals surface area contributed by atoms with Crippen LogP contribution in [0.3, 0.4) is 0 Å². The molecule has 11 heavy (non-hydrogen) atoms. The third-order valence-corrected chi connectivity index (χ3v) is 1.46. The molecule has 0 N–H and O–H groups in total. The lowest BCUT2D eigenvalue weighted by Crippen LogP contribution is -1.84. The van der Waals surface area contributed by atoms with Gasteiger partial charge in [0.25, 0.3) is 0 Å². The second-order valence-electron chi connectivity index (χ2n) is 3.34. The molecule has 0 aromatic rings. The number of allylic oxidation sites excluding steroid dienone is 3. The van der Waals surface area contributed by atoms with Crippen molar-refractivity contribution in [2.75, 3.05) is 0 Å². The predicted octanol–water partition coefficient (Wildman–Crippen LogP) is 3.87. The molecule has 0 aliphatic heterocycles. The summed E-state index contributed by atoms with van der Waals surface area (Å²) in [6, 6.07) is 0. The van der Waals surface area contributed by atoms with Crippen LogP contribution in [-0.4, -0.2) is 0 Å². The molecule has 0 spiro atoms. The Morgan fingerprint density at radius 3 is 1.82 bits per heavy atom. The highest BCUT2D eigenvalue weighted by atomic mass is 14.0. The predicted molar refractivity (Wildman–Crippen MR) is 52.6 cm³/mol. The van der Waals surface area contributed by atoms with Gasteiger partial charge in [-0.05, 0) is 33.1 Å². The molecular weight excluding hydrogens is 132 g/mol. The fraction of sp³-hybridized carbons (Fsp3) is 0.455. The van der Waals surface area contributed by atoms with Crippen LogP contribution in [0, 0.1) is 0 Å². The van der Waals surface area contributed by atoms with Crippen LogP contribution in [0.25, 0.3) is 0 Å². The van der Waals surface area contributed by atoms with Crippen LogP contribution < -0.4 is 0 Å². The van der Waals surface area contributed by atoms with Crippen LogP contribution in [0.15, 0.2) is 36.5 Å². The van der Waals surface area contributed by atoms with E-state index >= 15 is 0 Å². The van der Waals surface area contributed by atoms with Gasteiger partial charge in [0.15, 0.2) is 0 Å². The minimum atomic E-state index is 0.966. The van der Waals surface area contributed by atoms with Crippen molar-refractivity contribution in [2.24, 2.45) is 0 Å². The Kier molecular flexibility index (Phi) is 4.60. The second kappa shape index (κ2) is 4.95. The van der Waals surface area contributed by atoms with E-state index in [-0.39, 0.29) is 0 Å². The zero-order chi connectivity index (χ0) is 8.85. The molecule has 0 nitrogen and oxygen atoms in total. The molecule has 0 aliphatic carbocycles. The van der Waals surface area contributed by atoms with Crippen LogP contribution in [0.5, 0.6) is 0 Å². The Hall–Kier alpha value is -0.780. The number of rotatable bonds is 5. The van der Waals surface area contributed by atoms with Gasteiger partial charge in [0.1, 0.15) is 0 Å². The smallest absolute Gasteiger partial charge is 0.0117 e. The van der Waals surface area contributed by atoms with Crippen molar-refractivity contribution >= 4 is 0 Å². The monoisotopic (exact) mass is 150 g/mol. The van der Waals surface area contributed by atoms with Gasteiger partial charge in [-0.25, -0.2) is 0 Å². The average molecular weight is 150 g/mol.